The van der Waals surface area contributed by atoms with Gasteiger partial charge in [0.05, 0.1) is 0 Å². The number of rotatable bonds is 4. The van der Waals surface area contributed by atoms with Crippen molar-refractivity contribution in [3.05, 3.63) is 81.6 Å². The summed E-state index contributed by atoms with van der Waals surface area (Å²) < 4.78 is 23.7. The largest absolute Gasteiger partial charge is 0.220 e. The lowest BCUT2D eigenvalue weighted by atomic mass is 10.2. The molecule has 0 amide bonds. The van der Waals surface area contributed by atoms with Crippen LogP contribution in [-0.2, 0) is 9.84 Å². The maximum atomic E-state index is 11.8. The van der Waals surface area contributed by atoms with Gasteiger partial charge in [-0.2, -0.15) is 0 Å². The van der Waals surface area contributed by atoms with Crippen LogP contribution in [0.4, 0.5) is 0 Å². The summed E-state index contributed by atoms with van der Waals surface area (Å²) in [4.78, 5) is 0. The van der Waals surface area contributed by atoms with Crippen molar-refractivity contribution >= 4 is 33.6 Å². The Morgan fingerprint density at radius 2 is 1.25 bits per heavy atom. The Kier molecular flexibility index (Phi) is 4.77. The molecule has 0 aliphatic rings. The number of benzene rings is 2. The quantitative estimate of drug-likeness (QED) is 0.839. The standard InChI is InChI=1S/C16H13ClO2S/c17-16-8-6-15(7-9-16)11-13-20(18,19)12-10-14-4-2-1-3-5-14/h1-13H. The van der Waals surface area contributed by atoms with Gasteiger partial charge in [0.1, 0.15) is 0 Å². The first-order valence-electron chi connectivity index (χ1n) is 5.97. The second-order valence-corrected chi connectivity index (χ2v) is 6.32. The van der Waals surface area contributed by atoms with Crippen molar-refractivity contribution in [1.29, 1.82) is 0 Å². The molecule has 0 aromatic heterocycles. The predicted molar refractivity (Wildman–Crippen MR) is 84.9 cm³/mol. The van der Waals surface area contributed by atoms with Gasteiger partial charge in [0.2, 0.25) is 0 Å². The maximum Gasteiger partial charge on any atom is 0.193 e. The number of sulfone groups is 1. The van der Waals surface area contributed by atoms with Crippen LogP contribution in [-0.4, -0.2) is 8.42 Å². The molecular formula is C16H13ClO2S. The van der Waals surface area contributed by atoms with Crippen molar-refractivity contribution in [2.24, 2.45) is 0 Å². The molecule has 0 aliphatic heterocycles. The molecule has 0 fully saturated rings. The number of hydrogen-bond acceptors (Lipinski definition) is 2. The Hall–Kier alpha value is -1.84. The zero-order valence-electron chi connectivity index (χ0n) is 10.6. The zero-order valence-corrected chi connectivity index (χ0v) is 12.2. The lowest BCUT2D eigenvalue weighted by molar-refractivity contribution is 0.613. The topological polar surface area (TPSA) is 34.1 Å². The molecule has 0 aliphatic carbocycles. The van der Waals surface area contributed by atoms with E-state index in [2.05, 4.69) is 0 Å². The molecule has 2 aromatic carbocycles. The summed E-state index contributed by atoms with van der Waals surface area (Å²) in [6.45, 7) is 0. The van der Waals surface area contributed by atoms with Crippen molar-refractivity contribution in [2.45, 2.75) is 0 Å². The van der Waals surface area contributed by atoms with Gasteiger partial charge in [0.25, 0.3) is 0 Å². The Balaban J connectivity index is 2.11. The monoisotopic (exact) mass is 304 g/mol. The summed E-state index contributed by atoms with van der Waals surface area (Å²) in [5.41, 5.74) is 1.63. The Labute approximate surface area is 123 Å². The minimum absolute atomic E-state index is 0.619. The van der Waals surface area contributed by atoms with E-state index in [9.17, 15) is 8.42 Å². The normalized spacial score (nSPS) is 12.2. The van der Waals surface area contributed by atoms with E-state index in [0.717, 1.165) is 11.1 Å². The third-order valence-electron chi connectivity index (χ3n) is 2.57. The molecule has 4 heteroatoms. The molecule has 0 heterocycles. The second kappa shape index (κ2) is 6.55. The van der Waals surface area contributed by atoms with E-state index in [1.807, 2.05) is 30.3 Å². The average molecular weight is 305 g/mol. The van der Waals surface area contributed by atoms with Crippen molar-refractivity contribution in [3.63, 3.8) is 0 Å². The first kappa shape index (κ1) is 14.6. The molecule has 2 aromatic rings. The predicted octanol–water partition coefficient (Wildman–Crippen LogP) is 4.40. The molecule has 0 N–H and O–H groups in total. The summed E-state index contributed by atoms with van der Waals surface area (Å²) in [6.07, 6.45) is 3.11. The van der Waals surface area contributed by atoms with Crippen LogP contribution < -0.4 is 0 Å². The Bertz CT molecular complexity index is 715. The molecule has 0 saturated heterocycles. The van der Waals surface area contributed by atoms with Crippen LogP contribution in [0.5, 0.6) is 0 Å². The summed E-state index contributed by atoms with van der Waals surface area (Å²) in [5, 5.41) is 2.98. The summed E-state index contributed by atoms with van der Waals surface area (Å²) in [7, 11) is -3.38. The van der Waals surface area contributed by atoms with Crippen LogP contribution in [0, 0.1) is 0 Å². The summed E-state index contributed by atoms with van der Waals surface area (Å²) in [6, 6.07) is 16.2. The van der Waals surface area contributed by atoms with Gasteiger partial charge in [-0.25, -0.2) is 8.42 Å². The molecule has 0 radical (unpaired) electrons. The van der Waals surface area contributed by atoms with Crippen LogP contribution in [0.3, 0.4) is 0 Å². The highest BCUT2D eigenvalue weighted by Crippen LogP contribution is 2.12. The zero-order chi connectivity index (χ0) is 14.4. The van der Waals surface area contributed by atoms with Crippen molar-refractivity contribution < 1.29 is 8.42 Å². The highest BCUT2D eigenvalue weighted by atomic mass is 35.5. The summed E-state index contributed by atoms with van der Waals surface area (Å²) >= 11 is 5.77. The Morgan fingerprint density at radius 1 is 0.750 bits per heavy atom. The maximum absolute atomic E-state index is 11.8. The highest BCUT2D eigenvalue weighted by molar-refractivity contribution is 7.97. The van der Waals surface area contributed by atoms with Crippen LogP contribution in [0.2, 0.25) is 5.02 Å². The number of hydrogen-bond donors (Lipinski definition) is 0. The van der Waals surface area contributed by atoms with E-state index in [4.69, 9.17) is 11.6 Å². The minimum atomic E-state index is -3.38. The molecule has 0 spiro atoms. The molecule has 102 valence electrons. The van der Waals surface area contributed by atoms with Crippen molar-refractivity contribution in [1.82, 2.24) is 0 Å². The van der Waals surface area contributed by atoms with Gasteiger partial charge in [0, 0.05) is 15.8 Å². The van der Waals surface area contributed by atoms with E-state index >= 15 is 0 Å². The second-order valence-electron chi connectivity index (χ2n) is 4.16. The fourth-order valence-corrected chi connectivity index (χ4v) is 2.44. The van der Waals surface area contributed by atoms with Gasteiger partial charge < -0.3 is 0 Å². The first-order chi connectivity index (χ1) is 9.55. The first-order valence-corrected chi connectivity index (χ1v) is 7.96. The molecular weight excluding hydrogens is 292 g/mol. The van der Waals surface area contributed by atoms with Crippen LogP contribution in [0.1, 0.15) is 11.1 Å². The van der Waals surface area contributed by atoms with Crippen molar-refractivity contribution in [2.75, 3.05) is 0 Å². The summed E-state index contributed by atoms with van der Waals surface area (Å²) in [5.74, 6) is 0. The smallest absolute Gasteiger partial charge is 0.193 e. The Morgan fingerprint density at radius 3 is 1.80 bits per heavy atom. The minimum Gasteiger partial charge on any atom is -0.220 e. The average Bonchev–Trinajstić information content (AvgIpc) is 2.46. The van der Waals surface area contributed by atoms with E-state index in [-0.39, 0.29) is 0 Å². The SMILES string of the molecule is O=S(=O)(C=Cc1ccccc1)C=Cc1ccc(Cl)cc1. The molecule has 2 rings (SSSR count). The molecule has 20 heavy (non-hydrogen) atoms. The van der Waals surface area contributed by atoms with Gasteiger partial charge in [0.15, 0.2) is 9.84 Å². The van der Waals surface area contributed by atoms with Gasteiger partial charge in [-0.1, -0.05) is 54.1 Å². The fourth-order valence-electron chi connectivity index (χ4n) is 1.53. The third-order valence-corrected chi connectivity index (χ3v) is 3.85. The highest BCUT2D eigenvalue weighted by Gasteiger charge is 1.99. The molecule has 0 atom stereocenters. The number of halogens is 1. The van der Waals surface area contributed by atoms with E-state index in [1.54, 1.807) is 36.4 Å². The lowest BCUT2D eigenvalue weighted by Gasteiger charge is -1.94. The third kappa shape index (κ3) is 4.68. The van der Waals surface area contributed by atoms with Gasteiger partial charge >= 0.3 is 0 Å². The van der Waals surface area contributed by atoms with E-state index in [1.165, 1.54) is 10.8 Å². The van der Waals surface area contributed by atoms with Gasteiger partial charge in [-0.05, 0) is 35.4 Å². The van der Waals surface area contributed by atoms with Crippen LogP contribution in [0.25, 0.3) is 12.2 Å². The van der Waals surface area contributed by atoms with E-state index in [0.29, 0.717) is 5.02 Å². The van der Waals surface area contributed by atoms with Crippen LogP contribution >= 0.6 is 11.6 Å². The molecule has 2 nitrogen and oxygen atoms in total. The molecule has 0 unspecified atom stereocenters. The van der Waals surface area contributed by atoms with Crippen molar-refractivity contribution in [3.8, 4) is 0 Å². The van der Waals surface area contributed by atoms with E-state index < -0.39 is 9.84 Å². The molecule has 0 bridgehead atoms. The van der Waals surface area contributed by atoms with Crippen LogP contribution in [0.15, 0.2) is 65.4 Å². The van der Waals surface area contributed by atoms with Gasteiger partial charge in [-0.15, -0.1) is 0 Å². The van der Waals surface area contributed by atoms with Gasteiger partial charge in [-0.3, -0.25) is 0 Å². The molecule has 0 saturated carbocycles. The fraction of sp³-hybridized carbons (Fsp3) is 0. The lowest BCUT2D eigenvalue weighted by Crippen LogP contribution is -1.87.